The topological polar surface area (TPSA) is 130 Å². The van der Waals surface area contributed by atoms with E-state index in [0.29, 0.717) is 0 Å². The summed E-state index contributed by atoms with van der Waals surface area (Å²) in [5, 5.41) is 0. The van der Waals surface area contributed by atoms with Gasteiger partial charge < -0.3 is 19.1 Å². The monoisotopic (exact) mass is 656 g/mol. The van der Waals surface area contributed by atoms with Crippen molar-refractivity contribution >= 4 is 26.0 Å². The number of amides is 2. The summed E-state index contributed by atoms with van der Waals surface area (Å²) < 4.78 is 45.9. The van der Waals surface area contributed by atoms with Crippen molar-refractivity contribution in [3.05, 3.63) is 108 Å². The largest absolute Gasteiger partial charge is 0.478 e. The Morgan fingerprint density at radius 2 is 1.13 bits per heavy atom. The summed E-state index contributed by atoms with van der Waals surface area (Å²) >= 11 is 0. The molecule has 0 radical (unpaired) electrons. The zero-order valence-corrected chi connectivity index (χ0v) is 27.4. The minimum Gasteiger partial charge on any atom is -0.459 e. The average molecular weight is 657 g/mol. The summed E-state index contributed by atoms with van der Waals surface area (Å²) in [4.78, 5) is 40.5. The van der Waals surface area contributed by atoms with Crippen molar-refractivity contribution in [2.24, 2.45) is 0 Å². The van der Waals surface area contributed by atoms with Crippen LogP contribution in [0, 0.1) is 0 Å². The lowest BCUT2D eigenvalue weighted by Gasteiger charge is -2.27. The molecule has 0 fully saturated rings. The number of rotatable bonds is 16. The van der Waals surface area contributed by atoms with Gasteiger partial charge in [0.05, 0.1) is 13.2 Å². The zero-order valence-electron chi connectivity index (χ0n) is 26.5. The molecule has 0 aromatic heterocycles. The van der Waals surface area contributed by atoms with Crippen molar-refractivity contribution in [3.8, 4) is 0 Å². The van der Waals surface area contributed by atoms with Crippen LogP contribution in [0.5, 0.6) is 0 Å². The number of carbonyl (C=O) groups is 3. The molecule has 3 rings (SSSR count). The van der Waals surface area contributed by atoms with Crippen molar-refractivity contribution < 1.29 is 46.7 Å². The number of likely N-dealkylation sites (N-methyl/N-ethyl adjacent to an activating group) is 1. The van der Waals surface area contributed by atoms with Gasteiger partial charge in [-0.05, 0) is 37.5 Å². The molecule has 0 saturated carbocycles. The Hall–Kier alpha value is -4.22. The van der Waals surface area contributed by atoms with Gasteiger partial charge in [-0.25, -0.2) is 18.7 Å². The highest BCUT2D eigenvalue weighted by atomic mass is 31.2. The molecule has 0 heterocycles. The van der Waals surface area contributed by atoms with E-state index in [4.69, 9.17) is 27.8 Å². The Morgan fingerprint density at radius 1 is 0.652 bits per heavy atom. The van der Waals surface area contributed by atoms with E-state index < -0.39 is 44.9 Å². The first-order valence-electron chi connectivity index (χ1n) is 14.6. The first kappa shape index (κ1) is 36.3. The van der Waals surface area contributed by atoms with E-state index in [1.165, 1.54) is 11.9 Å². The zero-order chi connectivity index (χ0) is 33.4. The molecule has 0 unspecified atom stereocenters. The SMILES string of the molecule is CN(CCN(CC(=O)OCc1ccccc1)C(=O)OCOP(=O)(OCc1ccccc1)OCc1ccccc1)C(=O)OC(C)(C)C. The van der Waals surface area contributed by atoms with Gasteiger partial charge in [0.25, 0.3) is 0 Å². The van der Waals surface area contributed by atoms with Crippen LogP contribution in [0.15, 0.2) is 91.0 Å². The maximum atomic E-state index is 13.5. The fourth-order valence-corrected chi connectivity index (χ4v) is 4.70. The molecule has 46 heavy (non-hydrogen) atoms. The predicted octanol–water partition coefficient (Wildman–Crippen LogP) is 6.55. The second-order valence-electron chi connectivity index (χ2n) is 11.1. The summed E-state index contributed by atoms with van der Waals surface area (Å²) in [6, 6.07) is 27.1. The number of esters is 1. The Labute approximate surface area is 269 Å². The second-order valence-corrected chi connectivity index (χ2v) is 12.8. The van der Waals surface area contributed by atoms with E-state index in [0.717, 1.165) is 21.6 Å². The van der Waals surface area contributed by atoms with Crippen molar-refractivity contribution in [3.63, 3.8) is 0 Å². The molecule has 12 nitrogen and oxygen atoms in total. The molecule has 0 spiro atoms. The highest BCUT2D eigenvalue weighted by molar-refractivity contribution is 7.48. The number of benzene rings is 3. The van der Waals surface area contributed by atoms with E-state index >= 15 is 0 Å². The number of hydrogen-bond acceptors (Lipinski definition) is 10. The molecule has 2 amide bonds. The smallest absolute Gasteiger partial charge is 0.459 e. The molecular formula is C33H41N2O10P. The van der Waals surface area contributed by atoms with Crippen LogP contribution in [-0.4, -0.2) is 67.0 Å². The van der Waals surface area contributed by atoms with Crippen LogP contribution in [0.1, 0.15) is 37.5 Å². The molecule has 0 aliphatic rings. The van der Waals surface area contributed by atoms with Crippen LogP contribution in [0.25, 0.3) is 0 Å². The van der Waals surface area contributed by atoms with E-state index in [9.17, 15) is 18.9 Å². The molecule has 0 N–H and O–H groups in total. The first-order valence-corrected chi connectivity index (χ1v) is 16.1. The van der Waals surface area contributed by atoms with Gasteiger partial charge in [0, 0.05) is 20.1 Å². The van der Waals surface area contributed by atoms with Crippen LogP contribution in [-0.2, 0) is 57.0 Å². The third-order valence-electron chi connectivity index (χ3n) is 6.09. The first-order chi connectivity index (χ1) is 21.9. The van der Waals surface area contributed by atoms with Crippen molar-refractivity contribution in [2.45, 2.75) is 46.2 Å². The number of carbonyl (C=O) groups excluding carboxylic acids is 3. The van der Waals surface area contributed by atoms with Crippen LogP contribution in [0.2, 0.25) is 0 Å². The van der Waals surface area contributed by atoms with Gasteiger partial charge >= 0.3 is 26.0 Å². The average Bonchev–Trinajstić information content (AvgIpc) is 3.04. The van der Waals surface area contributed by atoms with Crippen LogP contribution in [0.4, 0.5) is 9.59 Å². The van der Waals surface area contributed by atoms with E-state index in [1.807, 2.05) is 30.3 Å². The lowest BCUT2D eigenvalue weighted by molar-refractivity contribution is -0.146. The highest BCUT2D eigenvalue weighted by Gasteiger charge is 2.29. The van der Waals surface area contributed by atoms with E-state index in [-0.39, 0.29) is 32.9 Å². The van der Waals surface area contributed by atoms with Gasteiger partial charge in [0.1, 0.15) is 18.8 Å². The number of ether oxygens (including phenoxy) is 3. The van der Waals surface area contributed by atoms with Gasteiger partial charge in [0.2, 0.25) is 6.79 Å². The standard InChI is InChI=1S/C33H41N2O10P/c1-33(2,3)45-31(37)34(4)20-21-35(22-30(36)40-23-27-14-8-5-9-15-27)32(38)41-26-44-46(39,42-24-28-16-10-6-11-17-28)43-25-29-18-12-7-13-19-29/h5-19H,20-26H2,1-4H3. The van der Waals surface area contributed by atoms with Gasteiger partial charge in [-0.1, -0.05) is 91.0 Å². The van der Waals surface area contributed by atoms with Gasteiger partial charge in [-0.3, -0.25) is 18.7 Å². The van der Waals surface area contributed by atoms with E-state index in [2.05, 4.69) is 0 Å². The number of phosphoric acid groups is 1. The Kier molecular flexibility index (Phi) is 14.2. The van der Waals surface area contributed by atoms with Crippen molar-refractivity contribution in [1.29, 1.82) is 0 Å². The van der Waals surface area contributed by atoms with Crippen molar-refractivity contribution in [1.82, 2.24) is 9.80 Å². The molecular weight excluding hydrogens is 615 g/mol. The molecule has 248 valence electrons. The summed E-state index contributed by atoms with van der Waals surface area (Å²) in [5.41, 5.74) is 1.49. The third-order valence-corrected chi connectivity index (χ3v) is 7.40. The molecule has 0 aliphatic carbocycles. The summed E-state index contributed by atoms with van der Waals surface area (Å²) in [6.07, 6.45) is -1.59. The summed E-state index contributed by atoms with van der Waals surface area (Å²) in [5.74, 6) is -0.704. The van der Waals surface area contributed by atoms with Gasteiger partial charge in [0.15, 0.2) is 0 Å². The number of nitrogens with zero attached hydrogens (tertiary/aromatic N) is 2. The molecule has 0 aliphatic heterocycles. The van der Waals surface area contributed by atoms with Crippen LogP contribution >= 0.6 is 7.82 Å². The predicted molar refractivity (Wildman–Crippen MR) is 169 cm³/mol. The Morgan fingerprint density at radius 3 is 1.61 bits per heavy atom. The van der Waals surface area contributed by atoms with Crippen LogP contribution in [0.3, 0.4) is 0 Å². The second kappa shape index (κ2) is 18.1. The number of phosphoric ester groups is 1. The normalized spacial score (nSPS) is 11.4. The fourth-order valence-electron chi connectivity index (χ4n) is 3.68. The minimum atomic E-state index is -4.23. The molecule has 0 atom stereocenters. The van der Waals surface area contributed by atoms with Crippen LogP contribution < -0.4 is 0 Å². The quantitative estimate of drug-likeness (QED) is 0.0724. The maximum Gasteiger partial charge on any atom is 0.478 e. The Balaban J connectivity index is 1.63. The molecule has 0 bridgehead atoms. The fraction of sp³-hybridized carbons (Fsp3) is 0.364. The molecule has 0 saturated heterocycles. The lowest BCUT2D eigenvalue weighted by Crippen LogP contribution is -2.43. The molecule has 3 aromatic rings. The van der Waals surface area contributed by atoms with Gasteiger partial charge in [-0.15, -0.1) is 0 Å². The summed E-state index contributed by atoms with van der Waals surface area (Å²) in [6.45, 7) is 3.64. The van der Waals surface area contributed by atoms with Gasteiger partial charge in [-0.2, -0.15) is 0 Å². The third kappa shape index (κ3) is 13.8. The van der Waals surface area contributed by atoms with E-state index in [1.54, 1.807) is 81.4 Å². The maximum absolute atomic E-state index is 13.5. The summed E-state index contributed by atoms with van der Waals surface area (Å²) in [7, 11) is -2.73. The van der Waals surface area contributed by atoms with Crippen molar-refractivity contribution in [2.75, 3.05) is 33.5 Å². The molecule has 13 heteroatoms. The number of hydrogen-bond donors (Lipinski definition) is 0. The highest BCUT2D eigenvalue weighted by Crippen LogP contribution is 2.51. The minimum absolute atomic E-state index is 0.00414. The Bertz CT molecular complexity index is 1370. The molecule has 3 aromatic carbocycles. The lowest BCUT2D eigenvalue weighted by atomic mass is 10.2.